The van der Waals surface area contributed by atoms with E-state index in [-0.39, 0.29) is 45.6 Å². The Bertz CT molecular complexity index is 1010. The van der Waals surface area contributed by atoms with Crippen LogP contribution in [0.3, 0.4) is 0 Å². The minimum absolute atomic E-state index is 0.0578. The largest absolute Gasteiger partial charge is 0.461 e. The van der Waals surface area contributed by atoms with Gasteiger partial charge in [0, 0.05) is 0 Å². The van der Waals surface area contributed by atoms with Crippen molar-refractivity contribution in [1.29, 1.82) is 5.26 Å². The van der Waals surface area contributed by atoms with Gasteiger partial charge in [0.15, 0.2) is 0 Å². The van der Waals surface area contributed by atoms with Crippen LogP contribution in [0, 0.1) is 34.4 Å². The van der Waals surface area contributed by atoms with Crippen molar-refractivity contribution in [1.82, 2.24) is 0 Å². The van der Waals surface area contributed by atoms with Crippen LogP contribution < -0.4 is 4.74 Å². The van der Waals surface area contributed by atoms with Crippen LogP contribution in [0.1, 0.15) is 25.0 Å². The number of carbonyl (C=O) groups excluding carboxylic acids is 1. The van der Waals surface area contributed by atoms with Crippen molar-refractivity contribution in [2.45, 2.75) is 20.5 Å². The molecular weight excluding hydrogens is 416 g/mol. The molecule has 0 N–H and O–H groups in total. The van der Waals surface area contributed by atoms with Crippen LogP contribution in [0.4, 0.5) is 4.39 Å². The van der Waals surface area contributed by atoms with Crippen molar-refractivity contribution in [2.24, 2.45) is 17.3 Å². The highest BCUT2D eigenvalue weighted by molar-refractivity contribution is 6.55. The highest BCUT2D eigenvalue weighted by atomic mass is 35.5. The molecule has 0 saturated heterocycles. The summed E-state index contributed by atoms with van der Waals surface area (Å²) in [5.74, 6) is -0.494. The summed E-state index contributed by atoms with van der Waals surface area (Å²) in [6.45, 7) is 3.99. The average Bonchev–Trinajstić information content (AvgIpc) is 3.20. The van der Waals surface area contributed by atoms with Crippen LogP contribution in [0.15, 0.2) is 53.0 Å². The van der Waals surface area contributed by atoms with E-state index in [2.05, 4.69) is 0 Å². The zero-order valence-electron chi connectivity index (χ0n) is 15.8. The first-order chi connectivity index (χ1) is 13.7. The zero-order chi connectivity index (χ0) is 21.2. The Labute approximate surface area is 178 Å². The SMILES string of the molecule is CC1(C)C(C=C(Cl)Cl)C1C(=O)OCc1cccc(Oc2ccc(F)cc2C#N)c1. The molecule has 0 aliphatic heterocycles. The van der Waals surface area contributed by atoms with Crippen LogP contribution >= 0.6 is 23.2 Å². The van der Waals surface area contributed by atoms with Crippen molar-refractivity contribution >= 4 is 29.2 Å². The summed E-state index contributed by atoms with van der Waals surface area (Å²) < 4.78 is 24.5. The van der Waals surface area contributed by atoms with Crippen molar-refractivity contribution < 1.29 is 18.7 Å². The molecule has 0 radical (unpaired) electrons. The lowest BCUT2D eigenvalue weighted by molar-refractivity contribution is -0.147. The number of hydrogen-bond acceptors (Lipinski definition) is 4. The first-order valence-corrected chi connectivity index (χ1v) is 9.64. The van der Waals surface area contributed by atoms with Crippen LogP contribution in [-0.4, -0.2) is 5.97 Å². The molecule has 1 aliphatic carbocycles. The van der Waals surface area contributed by atoms with Gasteiger partial charge in [0.25, 0.3) is 0 Å². The lowest BCUT2D eigenvalue weighted by Gasteiger charge is -2.10. The van der Waals surface area contributed by atoms with Crippen molar-refractivity contribution in [2.75, 3.05) is 0 Å². The van der Waals surface area contributed by atoms with E-state index in [0.29, 0.717) is 5.75 Å². The molecule has 1 saturated carbocycles. The van der Waals surface area contributed by atoms with Gasteiger partial charge in [0.1, 0.15) is 34.5 Å². The summed E-state index contributed by atoms with van der Waals surface area (Å²) in [5, 5.41) is 9.12. The number of hydrogen-bond donors (Lipinski definition) is 0. The predicted molar refractivity (Wildman–Crippen MR) is 108 cm³/mol. The number of benzene rings is 2. The summed E-state index contributed by atoms with van der Waals surface area (Å²) in [7, 11) is 0. The Morgan fingerprint density at radius 3 is 2.72 bits per heavy atom. The summed E-state index contributed by atoms with van der Waals surface area (Å²) >= 11 is 11.4. The third-order valence-corrected chi connectivity index (χ3v) is 5.29. The van der Waals surface area contributed by atoms with Crippen LogP contribution in [0.2, 0.25) is 0 Å². The highest BCUT2D eigenvalue weighted by Crippen LogP contribution is 2.60. The molecule has 29 heavy (non-hydrogen) atoms. The van der Waals surface area contributed by atoms with E-state index in [1.807, 2.05) is 19.9 Å². The number of nitriles is 1. The molecule has 150 valence electrons. The molecule has 1 fully saturated rings. The van der Waals surface area contributed by atoms with Gasteiger partial charge < -0.3 is 9.47 Å². The minimum atomic E-state index is -0.513. The number of esters is 1. The minimum Gasteiger partial charge on any atom is -0.461 e. The Kier molecular flexibility index (Phi) is 6.16. The molecule has 0 spiro atoms. The summed E-state index contributed by atoms with van der Waals surface area (Å²) in [6.07, 6.45) is 1.67. The van der Waals surface area contributed by atoms with Crippen molar-refractivity contribution in [3.05, 3.63) is 70.0 Å². The second-order valence-corrected chi connectivity index (χ2v) is 8.40. The molecule has 0 heterocycles. The first-order valence-electron chi connectivity index (χ1n) is 8.88. The number of ether oxygens (including phenoxy) is 2. The molecule has 2 unspecified atom stereocenters. The normalized spacial score (nSPS) is 19.0. The molecule has 0 bridgehead atoms. The molecule has 2 aromatic rings. The number of rotatable bonds is 6. The average molecular weight is 434 g/mol. The second kappa shape index (κ2) is 8.44. The van der Waals surface area contributed by atoms with E-state index >= 15 is 0 Å². The van der Waals surface area contributed by atoms with E-state index in [1.165, 1.54) is 12.1 Å². The monoisotopic (exact) mass is 433 g/mol. The summed E-state index contributed by atoms with van der Waals surface area (Å²) in [4.78, 5) is 12.4. The Hall–Kier alpha value is -2.55. The van der Waals surface area contributed by atoms with E-state index in [4.69, 9.17) is 37.9 Å². The molecule has 1 aliphatic rings. The zero-order valence-corrected chi connectivity index (χ0v) is 17.3. The van der Waals surface area contributed by atoms with Gasteiger partial charge in [-0.25, -0.2) is 4.39 Å². The first kappa shape index (κ1) is 21.2. The standard InChI is InChI=1S/C22H18Cl2FNO3/c1-22(2)17(10-19(23)24)20(22)21(27)28-12-13-4-3-5-16(8-13)29-18-7-6-15(25)9-14(18)11-26/h3-10,17,20H,12H2,1-2H3. The fourth-order valence-corrected chi connectivity index (χ4v) is 3.59. The Morgan fingerprint density at radius 2 is 2.03 bits per heavy atom. The third kappa shape index (κ3) is 4.90. The lowest BCUT2D eigenvalue weighted by Crippen LogP contribution is -2.10. The number of nitrogens with zero attached hydrogens (tertiary/aromatic N) is 1. The lowest BCUT2D eigenvalue weighted by atomic mass is 10.1. The molecule has 4 nitrogen and oxygen atoms in total. The van der Waals surface area contributed by atoms with Crippen molar-refractivity contribution in [3.63, 3.8) is 0 Å². The van der Waals surface area contributed by atoms with Gasteiger partial charge in [0.05, 0.1) is 11.5 Å². The Morgan fingerprint density at radius 1 is 1.28 bits per heavy atom. The van der Waals surface area contributed by atoms with Gasteiger partial charge in [-0.15, -0.1) is 0 Å². The van der Waals surface area contributed by atoms with Crippen molar-refractivity contribution in [3.8, 4) is 17.6 Å². The van der Waals surface area contributed by atoms with E-state index < -0.39 is 5.82 Å². The maximum Gasteiger partial charge on any atom is 0.310 e. The van der Waals surface area contributed by atoms with Gasteiger partial charge in [-0.2, -0.15) is 5.26 Å². The molecule has 0 aromatic heterocycles. The van der Waals surface area contributed by atoms with Gasteiger partial charge in [-0.1, -0.05) is 49.2 Å². The maximum atomic E-state index is 13.3. The van der Waals surface area contributed by atoms with Gasteiger partial charge in [-0.05, 0) is 53.3 Å². The Balaban J connectivity index is 1.65. The maximum absolute atomic E-state index is 13.3. The van der Waals surface area contributed by atoms with E-state index in [9.17, 15) is 9.18 Å². The topological polar surface area (TPSA) is 59.3 Å². The highest BCUT2D eigenvalue weighted by Gasteiger charge is 2.61. The molecule has 2 atom stereocenters. The summed E-state index contributed by atoms with van der Waals surface area (Å²) in [6, 6.07) is 12.6. The van der Waals surface area contributed by atoms with Gasteiger partial charge >= 0.3 is 5.97 Å². The van der Waals surface area contributed by atoms with Gasteiger partial charge in [0.2, 0.25) is 0 Å². The predicted octanol–water partition coefficient (Wildman–Crippen LogP) is 6.12. The third-order valence-electron chi connectivity index (χ3n) is 5.04. The molecule has 0 amide bonds. The molecular formula is C22H18Cl2FNO3. The molecule has 2 aromatic carbocycles. The number of allylic oxidation sites excluding steroid dienone is 1. The second-order valence-electron chi connectivity index (χ2n) is 7.39. The van der Waals surface area contributed by atoms with Crippen LogP contribution in [0.25, 0.3) is 0 Å². The fourth-order valence-electron chi connectivity index (χ4n) is 3.32. The van der Waals surface area contributed by atoms with Crippen LogP contribution in [0.5, 0.6) is 11.5 Å². The quantitative estimate of drug-likeness (QED) is 0.514. The van der Waals surface area contributed by atoms with Gasteiger partial charge in [-0.3, -0.25) is 4.79 Å². The fraction of sp³-hybridized carbons (Fsp3) is 0.273. The number of halogens is 3. The number of carbonyl (C=O) groups is 1. The summed E-state index contributed by atoms with van der Waals surface area (Å²) in [5.41, 5.74) is 0.556. The molecule has 7 heteroatoms. The van der Waals surface area contributed by atoms with Crippen LogP contribution in [-0.2, 0) is 16.1 Å². The smallest absolute Gasteiger partial charge is 0.310 e. The molecule has 3 rings (SSSR count). The van der Waals surface area contributed by atoms with E-state index in [1.54, 1.807) is 30.3 Å². The van der Waals surface area contributed by atoms with E-state index in [0.717, 1.165) is 11.6 Å².